The van der Waals surface area contributed by atoms with E-state index < -0.39 is 9.84 Å². The molecule has 0 aromatic carbocycles. The maximum atomic E-state index is 11.7. The molecule has 1 aromatic rings. The van der Waals surface area contributed by atoms with E-state index in [4.69, 9.17) is 10.8 Å². The van der Waals surface area contributed by atoms with Crippen molar-refractivity contribution in [1.82, 2.24) is 9.78 Å². The molecule has 118 valence electrons. The molecular weight excluding hydrogens is 286 g/mol. The zero-order valence-electron chi connectivity index (χ0n) is 13.1. The third kappa shape index (κ3) is 2.58. The Kier molecular flexibility index (Phi) is 3.35. The van der Waals surface area contributed by atoms with Gasteiger partial charge in [0.2, 0.25) is 0 Å². The first-order valence-corrected chi connectivity index (χ1v) is 9.64. The molecule has 2 atom stereocenters. The van der Waals surface area contributed by atoms with Crippen molar-refractivity contribution in [2.75, 3.05) is 17.2 Å². The molecule has 0 radical (unpaired) electrons. The Labute approximate surface area is 126 Å². The van der Waals surface area contributed by atoms with Crippen LogP contribution in [0, 0.1) is 5.41 Å². The number of sulfone groups is 1. The summed E-state index contributed by atoms with van der Waals surface area (Å²) in [4.78, 5) is 0. The lowest BCUT2D eigenvalue weighted by atomic mass is 10.0. The fourth-order valence-electron chi connectivity index (χ4n) is 3.47. The van der Waals surface area contributed by atoms with Crippen LogP contribution in [-0.2, 0) is 16.3 Å². The van der Waals surface area contributed by atoms with E-state index in [2.05, 4.69) is 20.8 Å². The van der Waals surface area contributed by atoms with Gasteiger partial charge in [0, 0.05) is 11.5 Å². The SMILES string of the molecule is CCCc1c(C2CC2(C)C)nn(C2CCS(=O)(=O)C2)c1N. The smallest absolute Gasteiger partial charge is 0.152 e. The standard InChI is InChI=1S/C15H25N3O2S/c1-4-5-11-13(12-8-15(12,2)3)17-18(14(11)16)10-6-7-21(19,20)9-10/h10,12H,4-9,16H2,1-3H3. The summed E-state index contributed by atoms with van der Waals surface area (Å²) in [7, 11) is -2.92. The average molecular weight is 311 g/mol. The summed E-state index contributed by atoms with van der Waals surface area (Å²) in [6.45, 7) is 6.64. The van der Waals surface area contributed by atoms with E-state index in [9.17, 15) is 8.42 Å². The van der Waals surface area contributed by atoms with Gasteiger partial charge >= 0.3 is 0 Å². The van der Waals surface area contributed by atoms with Crippen LogP contribution in [0.3, 0.4) is 0 Å². The summed E-state index contributed by atoms with van der Waals surface area (Å²) in [5, 5.41) is 4.76. The molecular formula is C15H25N3O2S. The van der Waals surface area contributed by atoms with Crippen molar-refractivity contribution < 1.29 is 8.42 Å². The van der Waals surface area contributed by atoms with Gasteiger partial charge in [-0.25, -0.2) is 13.1 Å². The number of nitrogens with two attached hydrogens (primary N) is 1. The maximum Gasteiger partial charge on any atom is 0.152 e. The molecule has 1 aliphatic carbocycles. The zero-order chi connectivity index (χ0) is 15.4. The molecule has 2 fully saturated rings. The topological polar surface area (TPSA) is 78.0 Å². The van der Waals surface area contributed by atoms with E-state index in [0.29, 0.717) is 23.6 Å². The number of aromatic nitrogens is 2. The van der Waals surface area contributed by atoms with Gasteiger partial charge in [0.15, 0.2) is 9.84 Å². The normalized spacial score (nSPS) is 29.7. The summed E-state index contributed by atoms with van der Waals surface area (Å²) in [6, 6.07) is -0.0822. The van der Waals surface area contributed by atoms with E-state index in [1.807, 2.05) is 0 Å². The second-order valence-corrected chi connectivity index (χ2v) is 9.47. The Morgan fingerprint density at radius 1 is 1.43 bits per heavy atom. The summed E-state index contributed by atoms with van der Waals surface area (Å²) in [5.41, 5.74) is 8.88. The number of nitrogens with zero attached hydrogens (tertiary/aromatic N) is 2. The molecule has 2 heterocycles. The van der Waals surface area contributed by atoms with E-state index in [-0.39, 0.29) is 17.5 Å². The van der Waals surface area contributed by atoms with Gasteiger partial charge in [0.1, 0.15) is 5.82 Å². The molecule has 0 amide bonds. The Bertz CT molecular complexity index is 661. The van der Waals surface area contributed by atoms with Crippen molar-refractivity contribution in [2.24, 2.45) is 5.41 Å². The highest BCUT2D eigenvalue weighted by atomic mass is 32.2. The van der Waals surface area contributed by atoms with E-state index in [0.717, 1.165) is 30.5 Å². The van der Waals surface area contributed by atoms with Crippen LogP contribution in [0.1, 0.15) is 63.3 Å². The predicted octanol–water partition coefficient (Wildman–Crippen LogP) is 2.29. The minimum Gasteiger partial charge on any atom is -0.384 e. The van der Waals surface area contributed by atoms with Gasteiger partial charge in [0.05, 0.1) is 23.2 Å². The van der Waals surface area contributed by atoms with Crippen LogP contribution < -0.4 is 5.73 Å². The largest absolute Gasteiger partial charge is 0.384 e. The number of hydrogen-bond donors (Lipinski definition) is 1. The van der Waals surface area contributed by atoms with E-state index >= 15 is 0 Å². The van der Waals surface area contributed by atoms with Gasteiger partial charge in [-0.15, -0.1) is 0 Å². The second kappa shape index (κ2) is 4.73. The average Bonchev–Trinajstić information content (AvgIpc) is 2.71. The lowest BCUT2D eigenvalue weighted by Crippen LogP contribution is -2.15. The van der Waals surface area contributed by atoms with E-state index in [1.165, 1.54) is 0 Å². The highest BCUT2D eigenvalue weighted by Crippen LogP contribution is 2.59. The van der Waals surface area contributed by atoms with Crippen molar-refractivity contribution in [3.63, 3.8) is 0 Å². The molecule has 5 nitrogen and oxygen atoms in total. The third-order valence-corrected chi connectivity index (χ3v) is 6.73. The molecule has 0 bridgehead atoms. The first-order chi connectivity index (χ1) is 9.75. The summed E-state index contributed by atoms with van der Waals surface area (Å²) in [5.74, 6) is 1.60. The number of hydrogen-bond acceptors (Lipinski definition) is 4. The quantitative estimate of drug-likeness (QED) is 0.925. The number of rotatable bonds is 4. The van der Waals surface area contributed by atoms with Crippen LogP contribution in [0.4, 0.5) is 5.82 Å². The van der Waals surface area contributed by atoms with Gasteiger partial charge < -0.3 is 5.73 Å². The monoisotopic (exact) mass is 311 g/mol. The zero-order valence-corrected chi connectivity index (χ0v) is 13.9. The minimum absolute atomic E-state index is 0.0822. The van der Waals surface area contributed by atoms with Gasteiger partial charge in [-0.3, -0.25) is 0 Å². The maximum absolute atomic E-state index is 11.7. The molecule has 1 aromatic heterocycles. The molecule has 1 saturated carbocycles. The van der Waals surface area contributed by atoms with Crippen LogP contribution in [0.2, 0.25) is 0 Å². The molecule has 2 aliphatic rings. The molecule has 2 N–H and O–H groups in total. The van der Waals surface area contributed by atoms with Crippen molar-refractivity contribution in [1.29, 1.82) is 0 Å². The van der Waals surface area contributed by atoms with Crippen molar-refractivity contribution in [3.8, 4) is 0 Å². The Morgan fingerprint density at radius 3 is 2.57 bits per heavy atom. The molecule has 2 unspecified atom stereocenters. The molecule has 21 heavy (non-hydrogen) atoms. The fourth-order valence-corrected chi connectivity index (χ4v) is 5.16. The van der Waals surface area contributed by atoms with Crippen LogP contribution in [0.15, 0.2) is 0 Å². The van der Waals surface area contributed by atoms with Crippen LogP contribution in [-0.4, -0.2) is 29.7 Å². The van der Waals surface area contributed by atoms with Gasteiger partial charge in [-0.05, 0) is 24.7 Å². The lowest BCUT2D eigenvalue weighted by Gasteiger charge is -2.10. The van der Waals surface area contributed by atoms with Crippen molar-refractivity contribution >= 4 is 15.7 Å². The van der Waals surface area contributed by atoms with Crippen LogP contribution in [0.5, 0.6) is 0 Å². The molecule has 6 heteroatoms. The molecule has 0 spiro atoms. The van der Waals surface area contributed by atoms with E-state index in [1.54, 1.807) is 4.68 Å². The van der Waals surface area contributed by atoms with Crippen LogP contribution in [0.25, 0.3) is 0 Å². The number of nitrogen functional groups attached to an aromatic ring is 1. The van der Waals surface area contributed by atoms with Gasteiger partial charge in [0.25, 0.3) is 0 Å². The Morgan fingerprint density at radius 2 is 2.10 bits per heavy atom. The minimum atomic E-state index is -2.92. The first kappa shape index (κ1) is 14.9. The fraction of sp³-hybridized carbons (Fsp3) is 0.800. The molecule has 1 saturated heterocycles. The summed E-state index contributed by atoms with van der Waals surface area (Å²) in [6.07, 6.45) is 3.72. The van der Waals surface area contributed by atoms with Crippen LogP contribution >= 0.6 is 0 Å². The molecule has 1 aliphatic heterocycles. The van der Waals surface area contributed by atoms with Gasteiger partial charge in [-0.1, -0.05) is 27.2 Å². The number of anilines is 1. The highest BCUT2D eigenvalue weighted by molar-refractivity contribution is 7.91. The van der Waals surface area contributed by atoms with Crippen molar-refractivity contribution in [3.05, 3.63) is 11.3 Å². The molecule has 3 rings (SSSR count). The Hall–Kier alpha value is -1.04. The van der Waals surface area contributed by atoms with Crippen molar-refractivity contribution in [2.45, 2.75) is 58.4 Å². The second-order valence-electron chi connectivity index (χ2n) is 7.25. The lowest BCUT2D eigenvalue weighted by molar-refractivity contribution is 0.498. The predicted molar refractivity (Wildman–Crippen MR) is 84.1 cm³/mol. The summed E-state index contributed by atoms with van der Waals surface area (Å²) >= 11 is 0. The third-order valence-electron chi connectivity index (χ3n) is 4.98. The first-order valence-electron chi connectivity index (χ1n) is 7.82. The summed E-state index contributed by atoms with van der Waals surface area (Å²) < 4.78 is 25.2. The Balaban J connectivity index is 1.97. The van der Waals surface area contributed by atoms with Gasteiger partial charge in [-0.2, -0.15) is 5.10 Å². The highest BCUT2D eigenvalue weighted by Gasteiger charge is 2.49.